The first-order chi connectivity index (χ1) is 14.9. The van der Waals surface area contributed by atoms with Crippen LogP contribution in [0.3, 0.4) is 0 Å². The van der Waals surface area contributed by atoms with Gasteiger partial charge >= 0.3 is 0 Å². The first kappa shape index (κ1) is 18.3. The van der Waals surface area contributed by atoms with Gasteiger partial charge in [-0.3, -0.25) is 4.98 Å². The van der Waals surface area contributed by atoms with Gasteiger partial charge in [-0.25, -0.2) is 4.57 Å². The molecular weight excluding hydrogens is 380 g/mol. The molecule has 152 valence electrons. The van der Waals surface area contributed by atoms with Gasteiger partial charge in [-0.05, 0) is 56.5 Å². The minimum atomic E-state index is -0.206. The Balaban J connectivity index is 1.75. The van der Waals surface area contributed by atoms with E-state index in [9.17, 15) is 0 Å². The zero-order valence-corrected chi connectivity index (χ0v) is 18.6. The van der Waals surface area contributed by atoms with Crippen LogP contribution in [0.25, 0.3) is 44.3 Å². The Morgan fingerprint density at radius 3 is 2.52 bits per heavy atom. The maximum absolute atomic E-state index is 6.78. The standard InChI is InChI=1S/C28H25N2O/c1-16-12-14-30(5)22(15-16)23-17(2)8-9-19-20-11-10-18-21-7-6-13-29-27(21)28(3,4)24(18)26(20)31-25(19)23/h6-15H,1-5H3/q+1. The monoisotopic (exact) mass is 405 g/mol. The minimum Gasteiger partial charge on any atom is -0.455 e. The van der Waals surface area contributed by atoms with Crippen molar-refractivity contribution in [3.05, 3.63) is 83.3 Å². The highest BCUT2D eigenvalue weighted by molar-refractivity contribution is 6.12. The zero-order chi connectivity index (χ0) is 21.5. The van der Waals surface area contributed by atoms with Crippen LogP contribution in [0.1, 0.15) is 36.2 Å². The lowest BCUT2D eigenvalue weighted by molar-refractivity contribution is -0.660. The van der Waals surface area contributed by atoms with E-state index in [0.717, 1.165) is 16.9 Å². The summed E-state index contributed by atoms with van der Waals surface area (Å²) in [5, 5.41) is 2.34. The molecule has 0 bridgehead atoms. The van der Waals surface area contributed by atoms with Crippen LogP contribution >= 0.6 is 0 Å². The van der Waals surface area contributed by atoms with E-state index in [0.29, 0.717) is 0 Å². The molecular formula is C28H25N2O+. The number of aromatic nitrogens is 2. The fourth-order valence-electron chi connectivity index (χ4n) is 5.33. The minimum absolute atomic E-state index is 0.206. The summed E-state index contributed by atoms with van der Waals surface area (Å²) in [6.07, 6.45) is 4.01. The maximum atomic E-state index is 6.78. The Kier molecular flexibility index (Phi) is 3.57. The Morgan fingerprint density at radius 1 is 0.903 bits per heavy atom. The van der Waals surface area contributed by atoms with E-state index in [2.05, 4.69) is 88.0 Å². The highest BCUT2D eigenvalue weighted by Gasteiger charge is 2.40. The van der Waals surface area contributed by atoms with Crippen molar-refractivity contribution in [2.75, 3.05) is 0 Å². The molecule has 6 rings (SSSR count). The molecule has 0 fully saturated rings. The molecule has 31 heavy (non-hydrogen) atoms. The number of furan rings is 1. The summed E-state index contributed by atoms with van der Waals surface area (Å²) in [6.45, 7) is 8.81. The highest BCUT2D eigenvalue weighted by atomic mass is 16.3. The topological polar surface area (TPSA) is 29.9 Å². The molecule has 0 saturated carbocycles. The molecule has 1 aliphatic rings. The van der Waals surface area contributed by atoms with Gasteiger partial charge < -0.3 is 4.42 Å². The number of pyridine rings is 2. The molecule has 2 aromatic carbocycles. The normalized spacial score (nSPS) is 14.2. The predicted octanol–water partition coefficient (Wildman–Crippen LogP) is 6.40. The average Bonchev–Trinajstić information content (AvgIpc) is 3.23. The summed E-state index contributed by atoms with van der Waals surface area (Å²) in [7, 11) is 2.10. The Hall–Kier alpha value is -3.46. The van der Waals surface area contributed by atoms with Crippen molar-refractivity contribution in [3.8, 4) is 22.4 Å². The molecule has 0 radical (unpaired) electrons. The van der Waals surface area contributed by atoms with Gasteiger partial charge in [-0.15, -0.1) is 0 Å². The van der Waals surface area contributed by atoms with E-state index in [4.69, 9.17) is 9.40 Å². The summed E-state index contributed by atoms with van der Waals surface area (Å²) in [4.78, 5) is 4.74. The molecule has 3 nitrogen and oxygen atoms in total. The molecule has 0 aliphatic heterocycles. The summed E-state index contributed by atoms with van der Waals surface area (Å²) in [6, 6.07) is 17.4. The number of hydrogen-bond donors (Lipinski definition) is 0. The summed E-state index contributed by atoms with van der Waals surface area (Å²) >= 11 is 0. The second-order valence-corrected chi connectivity index (χ2v) is 9.33. The second-order valence-electron chi connectivity index (χ2n) is 9.33. The molecule has 0 spiro atoms. The van der Waals surface area contributed by atoms with Crippen molar-refractivity contribution < 1.29 is 8.98 Å². The lowest BCUT2D eigenvalue weighted by atomic mass is 9.84. The molecule has 0 amide bonds. The van der Waals surface area contributed by atoms with Gasteiger partial charge in [0.1, 0.15) is 18.2 Å². The van der Waals surface area contributed by atoms with E-state index < -0.39 is 0 Å². The van der Waals surface area contributed by atoms with Crippen LogP contribution in [0.15, 0.2) is 65.3 Å². The van der Waals surface area contributed by atoms with E-state index in [1.807, 2.05) is 12.3 Å². The predicted molar refractivity (Wildman–Crippen MR) is 125 cm³/mol. The van der Waals surface area contributed by atoms with Crippen LogP contribution in [0.4, 0.5) is 0 Å². The number of benzene rings is 2. The molecule has 3 heteroatoms. The second kappa shape index (κ2) is 6.04. The largest absolute Gasteiger partial charge is 0.455 e. The first-order valence-corrected chi connectivity index (χ1v) is 10.8. The first-order valence-electron chi connectivity index (χ1n) is 10.8. The van der Waals surface area contributed by atoms with Gasteiger partial charge in [-0.1, -0.05) is 24.3 Å². The van der Waals surface area contributed by atoms with Crippen LogP contribution in [0.5, 0.6) is 0 Å². The molecule has 1 aliphatic carbocycles. The molecule has 0 atom stereocenters. The van der Waals surface area contributed by atoms with Crippen LogP contribution in [-0.2, 0) is 12.5 Å². The van der Waals surface area contributed by atoms with Crippen LogP contribution in [0, 0.1) is 13.8 Å². The Bertz CT molecular complexity index is 1540. The van der Waals surface area contributed by atoms with Gasteiger partial charge in [0.05, 0.1) is 11.3 Å². The van der Waals surface area contributed by atoms with E-state index in [1.165, 1.54) is 49.8 Å². The van der Waals surface area contributed by atoms with Crippen LogP contribution in [0.2, 0.25) is 0 Å². The van der Waals surface area contributed by atoms with Crippen molar-refractivity contribution in [2.45, 2.75) is 33.1 Å². The van der Waals surface area contributed by atoms with E-state index in [-0.39, 0.29) is 5.41 Å². The molecule has 5 aromatic rings. The average molecular weight is 406 g/mol. The number of hydrogen-bond acceptors (Lipinski definition) is 2. The van der Waals surface area contributed by atoms with Gasteiger partial charge in [0.15, 0.2) is 6.20 Å². The number of rotatable bonds is 1. The van der Waals surface area contributed by atoms with Crippen LogP contribution < -0.4 is 4.57 Å². The van der Waals surface area contributed by atoms with Crippen molar-refractivity contribution in [1.29, 1.82) is 0 Å². The molecule has 0 saturated heterocycles. The third kappa shape index (κ3) is 2.35. The summed E-state index contributed by atoms with van der Waals surface area (Å²) < 4.78 is 8.96. The van der Waals surface area contributed by atoms with Crippen LogP contribution in [-0.4, -0.2) is 4.98 Å². The maximum Gasteiger partial charge on any atom is 0.216 e. The lowest BCUT2D eigenvalue weighted by Crippen LogP contribution is -2.30. The fraction of sp³-hybridized carbons (Fsp3) is 0.214. The van der Waals surface area contributed by atoms with Gasteiger partial charge in [0, 0.05) is 45.6 Å². The summed E-state index contributed by atoms with van der Waals surface area (Å²) in [5.74, 6) is 0. The van der Waals surface area contributed by atoms with Crippen molar-refractivity contribution in [2.24, 2.45) is 7.05 Å². The van der Waals surface area contributed by atoms with Gasteiger partial charge in [-0.2, -0.15) is 0 Å². The van der Waals surface area contributed by atoms with E-state index >= 15 is 0 Å². The Morgan fingerprint density at radius 2 is 1.68 bits per heavy atom. The highest BCUT2D eigenvalue weighted by Crippen LogP contribution is 2.52. The fourth-order valence-corrected chi connectivity index (χ4v) is 5.33. The van der Waals surface area contributed by atoms with E-state index in [1.54, 1.807) is 0 Å². The smallest absolute Gasteiger partial charge is 0.216 e. The van der Waals surface area contributed by atoms with Gasteiger partial charge in [0.25, 0.3) is 0 Å². The number of nitrogens with zero attached hydrogens (tertiary/aromatic N) is 2. The van der Waals surface area contributed by atoms with Gasteiger partial charge in [0.2, 0.25) is 5.69 Å². The van der Waals surface area contributed by atoms with Crippen molar-refractivity contribution >= 4 is 21.9 Å². The molecule has 0 unspecified atom stereocenters. The number of aryl methyl sites for hydroxylation is 3. The number of fused-ring (bicyclic) bond motifs is 7. The SMILES string of the molecule is Cc1cc[n+](C)c(-c2c(C)ccc3c2oc2c4c(ccc23)-c2cccnc2C4(C)C)c1. The molecule has 0 N–H and O–H groups in total. The Labute approximate surface area is 182 Å². The molecule has 3 heterocycles. The van der Waals surface area contributed by atoms with Crippen molar-refractivity contribution in [3.63, 3.8) is 0 Å². The quantitative estimate of drug-likeness (QED) is 0.302. The zero-order valence-electron chi connectivity index (χ0n) is 18.6. The lowest BCUT2D eigenvalue weighted by Gasteiger charge is -2.20. The third-order valence-electron chi connectivity index (χ3n) is 6.89. The molecule has 3 aromatic heterocycles. The third-order valence-corrected chi connectivity index (χ3v) is 6.89. The summed E-state index contributed by atoms with van der Waals surface area (Å²) in [5.41, 5.74) is 11.3. The van der Waals surface area contributed by atoms with Crippen molar-refractivity contribution in [1.82, 2.24) is 4.98 Å².